The van der Waals surface area contributed by atoms with Gasteiger partial charge in [-0.2, -0.15) is 5.10 Å². The molecule has 6 heteroatoms. The number of hydrogen-bond donors (Lipinski definition) is 2. The van der Waals surface area contributed by atoms with Gasteiger partial charge in [0.05, 0.1) is 17.5 Å². The fourth-order valence-corrected chi connectivity index (χ4v) is 1.69. The SMILES string of the molecule is COC(C)CNC(=O)c1ccn(-c2ccccc2N)n1. The Bertz CT molecular complexity index is 594. The fraction of sp³-hybridized carbons (Fsp3) is 0.286. The number of carbonyl (C=O) groups excluding carboxylic acids is 1. The number of nitrogens with two attached hydrogens (primary N) is 1. The molecule has 0 aliphatic heterocycles. The molecule has 0 radical (unpaired) electrons. The number of nitrogens with zero attached hydrogens (tertiary/aromatic N) is 2. The molecule has 1 unspecified atom stereocenters. The molecule has 0 saturated carbocycles. The van der Waals surface area contributed by atoms with Gasteiger partial charge in [-0.3, -0.25) is 4.79 Å². The maximum atomic E-state index is 11.9. The monoisotopic (exact) mass is 274 g/mol. The van der Waals surface area contributed by atoms with Crippen molar-refractivity contribution in [2.75, 3.05) is 19.4 Å². The van der Waals surface area contributed by atoms with Crippen LogP contribution in [0.4, 0.5) is 5.69 Å². The van der Waals surface area contributed by atoms with E-state index in [0.29, 0.717) is 17.9 Å². The van der Waals surface area contributed by atoms with Crippen LogP contribution in [0.1, 0.15) is 17.4 Å². The number of rotatable bonds is 5. The molecule has 1 amide bonds. The molecule has 0 spiro atoms. The van der Waals surface area contributed by atoms with Crippen LogP contribution in [-0.4, -0.2) is 35.4 Å². The van der Waals surface area contributed by atoms with Crippen LogP contribution < -0.4 is 11.1 Å². The van der Waals surface area contributed by atoms with Crippen molar-refractivity contribution in [3.63, 3.8) is 0 Å². The number of benzene rings is 1. The molecule has 0 bridgehead atoms. The van der Waals surface area contributed by atoms with Gasteiger partial charge in [-0.15, -0.1) is 0 Å². The number of carbonyl (C=O) groups is 1. The summed E-state index contributed by atoms with van der Waals surface area (Å²) in [6.45, 7) is 2.32. The summed E-state index contributed by atoms with van der Waals surface area (Å²) in [5.74, 6) is -0.234. The summed E-state index contributed by atoms with van der Waals surface area (Å²) in [7, 11) is 1.60. The van der Waals surface area contributed by atoms with Crippen LogP contribution in [0.3, 0.4) is 0 Å². The normalized spacial score (nSPS) is 12.1. The van der Waals surface area contributed by atoms with Crippen molar-refractivity contribution in [1.29, 1.82) is 0 Å². The Balaban J connectivity index is 2.09. The lowest BCUT2D eigenvalue weighted by atomic mass is 10.3. The number of methoxy groups -OCH3 is 1. The van der Waals surface area contributed by atoms with E-state index in [1.807, 2.05) is 25.1 Å². The summed E-state index contributed by atoms with van der Waals surface area (Å²) in [6.07, 6.45) is 1.67. The second kappa shape index (κ2) is 6.21. The summed E-state index contributed by atoms with van der Waals surface area (Å²) in [5.41, 5.74) is 7.57. The van der Waals surface area contributed by atoms with Crippen LogP contribution in [0.5, 0.6) is 0 Å². The maximum absolute atomic E-state index is 11.9. The molecule has 2 rings (SSSR count). The van der Waals surface area contributed by atoms with Crippen LogP contribution in [0.15, 0.2) is 36.5 Å². The molecule has 106 valence electrons. The molecule has 20 heavy (non-hydrogen) atoms. The highest BCUT2D eigenvalue weighted by molar-refractivity contribution is 5.92. The Kier molecular flexibility index (Phi) is 4.37. The van der Waals surface area contributed by atoms with Crippen LogP contribution in [0.2, 0.25) is 0 Å². The Morgan fingerprint density at radius 3 is 2.90 bits per heavy atom. The van der Waals surface area contributed by atoms with Gasteiger partial charge in [-0.1, -0.05) is 12.1 Å². The molecule has 0 saturated heterocycles. The minimum absolute atomic E-state index is 0.0363. The van der Waals surface area contributed by atoms with E-state index in [4.69, 9.17) is 10.5 Å². The Morgan fingerprint density at radius 2 is 2.20 bits per heavy atom. The third kappa shape index (κ3) is 3.16. The van der Waals surface area contributed by atoms with Crippen molar-refractivity contribution < 1.29 is 9.53 Å². The highest BCUT2D eigenvalue weighted by Crippen LogP contribution is 2.15. The highest BCUT2D eigenvalue weighted by Gasteiger charge is 2.11. The smallest absolute Gasteiger partial charge is 0.271 e. The quantitative estimate of drug-likeness (QED) is 0.803. The van der Waals surface area contributed by atoms with Gasteiger partial charge in [0.2, 0.25) is 0 Å². The predicted octanol–water partition coefficient (Wildman–Crippen LogP) is 1.22. The summed E-state index contributed by atoms with van der Waals surface area (Å²) in [5, 5.41) is 6.99. The zero-order valence-electron chi connectivity index (χ0n) is 11.5. The lowest BCUT2D eigenvalue weighted by molar-refractivity contribution is 0.0865. The first kappa shape index (κ1) is 14.1. The first-order chi connectivity index (χ1) is 9.61. The van der Waals surface area contributed by atoms with Crippen LogP contribution in [0, 0.1) is 0 Å². The van der Waals surface area contributed by atoms with E-state index in [0.717, 1.165) is 5.69 Å². The van der Waals surface area contributed by atoms with Crippen molar-refractivity contribution in [3.8, 4) is 5.69 Å². The molecule has 2 aromatic rings. The lowest BCUT2D eigenvalue weighted by Crippen LogP contribution is -2.31. The number of amides is 1. The average Bonchev–Trinajstić information content (AvgIpc) is 2.94. The fourth-order valence-electron chi connectivity index (χ4n) is 1.69. The average molecular weight is 274 g/mol. The third-order valence-corrected chi connectivity index (χ3v) is 2.96. The predicted molar refractivity (Wildman–Crippen MR) is 76.8 cm³/mol. The van der Waals surface area contributed by atoms with Gasteiger partial charge in [0.15, 0.2) is 5.69 Å². The minimum Gasteiger partial charge on any atom is -0.397 e. The summed E-state index contributed by atoms with van der Waals surface area (Å²) >= 11 is 0. The Hall–Kier alpha value is -2.34. The molecule has 1 aromatic carbocycles. The zero-order chi connectivity index (χ0) is 14.5. The molecule has 3 N–H and O–H groups in total. The third-order valence-electron chi connectivity index (χ3n) is 2.96. The summed E-state index contributed by atoms with van der Waals surface area (Å²) < 4.78 is 6.66. The van der Waals surface area contributed by atoms with Gasteiger partial charge < -0.3 is 15.8 Å². The molecular weight excluding hydrogens is 256 g/mol. The van der Waals surface area contributed by atoms with E-state index in [1.54, 1.807) is 30.1 Å². The molecular formula is C14H18N4O2. The van der Waals surface area contributed by atoms with E-state index in [9.17, 15) is 4.79 Å². The number of hydrogen-bond acceptors (Lipinski definition) is 4. The van der Waals surface area contributed by atoms with E-state index >= 15 is 0 Å². The summed E-state index contributed by atoms with van der Waals surface area (Å²) in [6, 6.07) is 9.00. The number of nitrogen functional groups attached to an aromatic ring is 1. The van der Waals surface area contributed by atoms with Gasteiger partial charge in [0.25, 0.3) is 5.91 Å². The largest absolute Gasteiger partial charge is 0.397 e. The minimum atomic E-state index is -0.234. The number of anilines is 1. The lowest BCUT2D eigenvalue weighted by Gasteiger charge is -2.09. The molecule has 0 aliphatic rings. The van der Waals surface area contributed by atoms with Crippen LogP contribution in [-0.2, 0) is 4.74 Å². The van der Waals surface area contributed by atoms with Crippen LogP contribution >= 0.6 is 0 Å². The van der Waals surface area contributed by atoms with Gasteiger partial charge in [-0.05, 0) is 25.1 Å². The standard InChI is InChI=1S/C14H18N4O2/c1-10(20-2)9-16-14(19)12-7-8-18(17-12)13-6-4-3-5-11(13)15/h3-8,10H,9,15H2,1-2H3,(H,16,19). The van der Waals surface area contributed by atoms with Crippen molar-refractivity contribution in [2.45, 2.75) is 13.0 Å². The first-order valence-electron chi connectivity index (χ1n) is 6.33. The second-order valence-corrected chi connectivity index (χ2v) is 4.46. The summed E-state index contributed by atoms with van der Waals surface area (Å²) in [4.78, 5) is 11.9. The van der Waals surface area contributed by atoms with Gasteiger partial charge >= 0.3 is 0 Å². The number of para-hydroxylation sites is 2. The van der Waals surface area contributed by atoms with Gasteiger partial charge in [-0.25, -0.2) is 4.68 Å². The zero-order valence-corrected chi connectivity index (χ0v) is 11.5. The Labute approximate surface area is 117 Å². The van der Waals surface area contributed by atoms with Crippen LogP contribution in [0.25, 0.3) is 5.69 Å². The van der Waals surface area contributed by atoms with Crippen molar-refractivity contribution in [1.82, 2.24) is 15.1 Å². The maximum Gasteiger partial charge on any atom is 0.271 e. The number of nitrogens with one attached hydrogen (secondary N) is 1. The van der Waals surface area contributed by atoms with Crippen molar-refractivity contribution in [3.05, 3.63) is 42.2 Å². The van der Waals surface area contributed by atoms with Gasteiger partial charge in [0.1, 0.15) is 0 Å². The Morgan fingerprint density at radius 1 is 1.45 bits per heavy atom. The molecule has 6 nitrogen and oxygen atoms in total. The molecule has 1 aromatic heterocycles. The van der Waals surface area contributed by atoms with E-state index in [1.165, 1.54) is 0 Å². The van der Waals surface area contributed by atoms with Crippen molar-refractivity contribution >= 4 is 11.6 Å². The van der Waals surface area contributed by atoms with Gasteiger partial charge in [0, 0.05) is 19.9 Å². The first-order valence-corrected chi connectivity index (χ1v) is 6.33. The molecule has 1 atom stereocenters. The highest BCUT2D eigenvalue weighted by atomic mass is 16.5. The van der Waals surface area contributed by atoms with E-state index < -0.39 is 0 Å². The number of aromatic nitrogens is 2. The molecule has 0 fully saturated rings. The molecule has 1 heterocycles. The van der Waals surface area contributed by atoms with E-state index in [-0.39, 0.29) is 12.0 Å². The van der Waals surface area contributed by atoms with Crippen molar-refractivity contribution in [2.24, 2.45) is 0 Å². The topological polar surface area (TPSA) is 82.2 Å². The second-order valence-electron chi connectivity index (χ2n) is 4.46. The van der Waals surface area contributed by atoms with E-state index in [2.05, 4.69) is 10.4 Å². The number of ether oxygens (including phenoxy) is 1. The molecule has 0 aliphatic carbocycles.